The minimum Gasteiger partial charge on any atom is -0.309 e. The second-order valence-corrected chi connectivity index (χ2v) is 7.82. The van der Waals surface area contributed by atoms with E-state index in [2.05, 4.69) is 35.6 Å². The largest absolute Gasteiger partial charge is 0.309 e. The Morgan fingerprint density at radius 2 is 2.20 bits per heavy atom. The van der Waals surface area contributed by atoms with Crippen LogP contribution < -0.4 is 5.32 Å². The Balaban J connectivity index is 1.53. The lowest BCUT2D eigenvalue weighted by Gasteiger charge is -2.11. The molecule has 0 aliphatic heterocycles. The molecule has 0 spiro atoms. The summed E-state index contributed by atoms with van der Waals surface area (Å²) in [5.41, 5.74) is 2.83. The van der Waals surface area contributed by atoms with Crippen molar-refractivity contribution >= 4 is 22.7 Å². The SMILES string of the molecule is Cc1nc(CCNC(C)c2cc3c(s2)CCCC3)cs1. The third-order valence-electron chi connectivity index (χ3n) is 3.94. The molecular weight excluding hydrogens is 284 g/mol. The molecule has 20 heavy (non-hydrogen) atoms. The average molecular weight is 306 g/mol. The number of fused-ring (bicyclic) bond motifs is 1. The maximum atomic E-state index is 4.51. The Morgan fingerprint density at radius 3 is 2.95 bits per heavy atom. The molecule has 1 aliphatic carbocycles. The van der Waals surface area contributed by atoms with E-state index in [0.29, 0.717) is 6.04 Å². The zero-order valence-electron chi connectivity index (χ0n) is 12.2. The summed E-state index contributed by atoms with van der Waals surface area (Å²) < 4.78 is 0. The monoisotopic (exact) mass is 306 g/mol. The summed E-state index contributed by atoms with van der Waals surface area (Å²) in [6.45, 7) is 5.36. The van der Waals surface area contributed by atoms with Crippen molar-refractivity contribution in [3.8, 4) is 0 Å². The molecule has 0 saturated heterocycles. The highest BCUT2D eigenvalue weighted by Crippen LogP contribution is 2.32. The normalized spacial score (nSPS) is 16.1. The molecule has 108 valence electrons. The smallest absolute Gasteiger partial charge is 0.0897 e. The number of hydrogen-bond acceptors (Lipinski definition) is 4. The van der Waals surface area contributed by atoms with Gasteiger partial charge >= 0.3 is 0 Å². The van der Waals surface area contributed by atoms with Crippen LogP contribution in [0.2, 0.25) is 0 Å². The third-order valence-corrected chi connectivity index (χ3v) is 6.18. The van der Waals surface area contributed by atoms with Gasteiger partial charge in [-0.2, -0.15) is 0 Å². The molecular formula is C16H22N2S2. The minimum atomic E-state index is 0.463. The number of aromatic nitrogens is 1. The Bertz CT molecular complexity index is 547. The van der Waals surface area contributed by atoms with E-state index in [0.717, 1.165) is 13.0 Å². The van der Waals surface area contributed by atoms with E-state index < -0.39 is 0 Å². The molecule has 2 aromatic rings. The highest BCUT2D eigenvalue weighted by molar-refractivity contribution is 7.12. The number of nitrogens with one attached hydrogen (secondary N) is 1. The maximum Gasteiger partial charge on any atom is 0.0897 e. The van der Waals surface area contributed by atoms with E-state index in [9.17, 15) is 0 Å². The lowest BCUT2D eigenvalue weighted by atomic mass is 9.99. The minimum absolute atomic E-state index is 0.463. The first kappa shape index (κ1) is 14.2. The van der Waals surface area contributed by atoms with E-state index in [4.69, 9.17) is 0 Å². The van der Waals surface area contributed by atoms with E-state index >= 15 is 0 Å². The molecule has 0 amide bonds. The molecule has 1 N–H and O–H groups in total. The van der Waals surface area contributed by atoms with Crippen LogP contribution in [0.25, 0.3) is 0 Å². The van der Waals surface area contributed by atoms with Gasteiger partial charge in [-0.1, -0.05) is 0 Å². The quantitative estimate of drug-likeness (QED) is 0.891. The van der Waals surface area contributed by atoms with Gasteiger partial charge in [0, 0.05) is 34.1 Å². The summed E-state index contributed by atoms with van der Waals surface area (Å²) in [6.07, 6.45) is 6.35. The number of hydrogen-bond donors (Lipinski definition) is 1. The van der Waals surface area contributed by atoms with Crippen LogP contribution in [0.4, 0.5) is 0 Å². The van der Waals surface area contributed by atoms with Crippen molar-refractivity contribution in [3.63, 3.8) is 0 Å². The molecule has 2 aromatic heterocycles. The summed E-state index contributed by atoms with van der Waals surface area (Å²) in [5.74, 6) is 0. The lowest BCUT2D eigenvalue weighted by molar-refractivity contribution is 0.581. The molecule has 4 heteroatoms. The second-order valence-electron chi connectivity index (χ2n) is 5.59. The van der Waals surface area contributed by atoms with Crippen LogP contribution in [0.3, 0.4) is 0 Å². The van der Waals surface area contributed by atoms with Crippen molar-refractivity contribution < 1.29 is 0 Å². The Morgan fingerprint density at radius 1 is 1.35 bits per heavy atom. The number of thiophene rings is 1. The van der Waals surface area contributed by atoms with Gasteiger partial charge in [-0.15, -0.1) is 22.7 Å². The van der Waals surface area contributed by atoms with E-state index in [-0.39, 0.29) is 0 Å². The Kier molecular flexibility index (Phi) is 4.54. The molecule has 2 nitrogen and oxygen atoms in total. The standard InChI is InChI=1S/C16H22N2S2/c1-11(17-8-7-14-10-19-12(2)18-14)16-9-13-5-3-4-6-15(13)20-16/h9-11,17H,3-8H2,1-2H3. The molecule has 0 bridgehead atoms. The fourth-order valence-electron chi connectivity index (χ4n) is 2.77. The molecule has 3 rings (SSSR count). The second kappa shape index (κ2) is 6.37. The van der Waals surface area contributed by atoms with Gasteiger partial charge in [-0.05, 0) is 51.2 Å². The van der Waals surface area contributed by atoms with Crippen molar-refractivity contribution in [2.75, 3.05) is 6.54 Å². The Hall–Kier alpha value is -0.710. The molecule has 0 radical (unpaired) electrons. The lowest BCUT2D eigenvalue weighted by Crippen LogP contribution is -2.20. The van der Waals surface area contributed by atoms with Crippen LogP contribution in [-0.4, -0.2) is 11.5 Å². The zero-order chi connectivity index (χ0) is 13.9. The molecule has 1 unspecified atom stereocenters. The molecule has 1 atom stereocenters. The van der Waals surface area contributed by atoms with Gasteiger partial charge < -0.3 is 5.32 Å². The van der Waals surface area contributed by atoms with Crippen LogP contribution in [-0.2, 0) is 19.3 Å². The summed E-state index contributed by atoms with van der Waals surface area (Å²) in [6, 6.07) is 2.90. The van der Waals surface area contributed by atoms with Gasteiger partial charge in [0.05, 0.1) is 10.7 Å². The Labute approximate surface area is 129 Å². The van der Waals surface area contributed by atoms with Crippen molar-refractivity contribution in [2.45, 2.75) is 52.0 Å². The van der Waals surface area contributed by atoms with E-state index in [1.165, 1.54) is 41.3 Å². The fraction of sp³-hybridized carbons (Fsp3) is 0.562. The maximum absolute atomic E-state index is 4.51. The van der Waals surface area contributed by atoms with Crippen LogP contribution in [0.15, 0.2) is 11.4 Å². The highest BCUT2D eigenvalue weighted by Gasteiger charge is 2.16. The predicted octanol–water partition coefficient (Wildman–Crippen LogP) is 4.29. The summed E-state index contributed by atoms with van der Waals surface area (Å²) in [7, 11) is 0. The van der Waals surface area contributed by atoms with Crippen molar-refractivity contribution in [1.29, 1.82) is 0 Å². The van der Waals surface area contributed by atoms with Crippen LogP contribution in [0.1, 0.15) is 51.8 Å². The molecule has 0 fully saturated rings. The molecule has 0 aromatic carbocycles. The third kappa shape index (κ3) is 3.30. The van der Waals surface area contributed by atoms with Gasteiger partial charge in [0.15, 0.2) is 0 Å². The summed E-state index contributed by atoms with van der Waals surface area (Å²) in [4.78, 5) is 7.65. The van der Waals surface area contributed by atoms with Crippen molar-refractivity contribution in [1.82, 2.24) is 10.3 Å². The molecule has 1 aliphatic rings. The summed E-state index contributed by atoms with van der Waals surface area (Å²) >= 11 is 3.76. The van der Waals surface area contributed by atoms with Crippen LogP contribution >= 0.6 is 22.7 Å². The van der Waals surface area contributed by atoms with Gasteiger partial charge in [-0.25, -0.2) is 4.98 Å². The summed E-state index contributed by atoms with van der Waals surface area (Å²) in [5, 5.41) is 6.98. The van der Waals surface area contributed by atoms with Crippen LogP contribution in [0, 0.1) is 6.92 Å². The van der Waals surface area contributed by atoms with Gasteiger partial charge in [0.1, 0.15) is 0 Å². The van der Waals surface area contributed by atoms with E-state index in [1.807, 2.05) is 11.3 Å². The number of nitrogens with zero attached hydrogens (tertiary/aromatic N) is 1. The first-order chi connectivity index (χ1) is 9.72. The highest BCUT2D eigenvalue weighted by atomic mass is 32.1. The van der Waals surface area contributed by atoms with Gasteiger partial charge in [0.2, 0.25) is 0 Å². The van der Waals surface area contributed by atoms with Crippen LogP contribution in [0.5, 0.6) is 0 Å². The topological polar surface area (TPSA) is 24.9 Å². The van der Waals surface area contributed by atoms with Gasteiger partial charge in [0.25, 0.3) is 0 Å². The molecule has 0 saturated carbocycles. The zero-order valence-corrected chi connectivity index (χ0v) is 13.9. The van der Waals surface area contributed by atoms with Gasteiger partial charge in [-0.3, -0.25) is 0 Å². The predicted molar refractivity (Wildman–Crippen MR) is 87.9 cm³/mol. The van der Waals surface area contributed by atoms with Crippen molar-refractivity contribution in [2.24, 2.45) is 0 Å². The average Bonchev–Trinajstić information content (AvgIpc) is 3.04. The first-order valence-corrected chi connectivity index (χ1v) is 9.18. The number of rotatable bonds is 5. The van der Waals surface area contributed by atoms with Crippen molar-refractivity contribution in [3.05, 3.63) is 37.5 Å². The first-order valence-electron chi connectivity index (χ1n) is 7.48. The number of thiazole rings is 1. The molecule has 2 heterocycles. The number of aryl methyl sites for hydroxylation is 3. The fourth-order valence-corrected chi connectivity index (χ4v) is 4.70. The van der Waals surface area contributed by atoms with E-state index in [1.54, 1.807) is 21.8 Å².